The fourth-order valence-electron chi connectivity index (χ4n) is 3.50. The molecule has 0 saturated heterocycles. The van der Waals surface area contributed by atoms with Crippen LogP contribution in [0.2, 0.25) is 0 Å². The van der Waals surface area contributed by atoms with Gasteiger partial charge in [0.05, 0.1) is 18.4 Å². The Kier molecular flexibility index (Phi) is 4.11. The number of carboxylic acids is 1. The van der Waals surface area contributed by atoms with E-state index in [0.29, 0.717) is 23.4 Å². The Labute approximate surface area is 151 Å². The topological polar surface area (TPSA) is 92.3 Å². The zero-order valence-electron chi connectivity index (χ0n) is 15.2. The molecule has 6 nitrogen and oxygen atoms in total. The van der Waals surface area contributed by atoms with Crippen LogP contribution in [0.4, 0.5) is 0 Å². The average Bonchev–Trinajstić information content (AvgIpc) is 2.58. The summed E-state index contributed by atoms with van der Waals surface area (Å²) in [5.41, 5.74) is 1.87. The molecule has 1 aromatic carbocycles. The first-order valence-corrected chi connectivity index (χ1v) is 8.28. The molecular weight excluding hydrogens is 332 g/mol. The van der Waals surface area contributed by atoms with Gasteiger partial charge in [-0.1, -0.05) is 20.8 Å². The molecule has 1 aliphatic heterocycles. The summed E-state index contributed by atoms with van der Waals surface area (Å²) in [5, 5.41) is 18.7. The predicted octanol–water partition coefficient (Wildman–Crippen LogP) is 3.24. The van der Waals surface area contributed by atoms with Crippen LogP contribution in [-0.2, 0) is 6.42 Å². The van der Waals surface area contributed by atoms with E-state index in [1.54, 1.807) is 12.1 Å². The number of fused-ring (bicyclic) bond motifs is 3. The van der Waals surface area contributed by atoms with Crippen LogP contribution in [0.3, 0.4) is 0 Å². The number of ether oxygens (including phenoxy) is 1. The van der Waals surface area contributed by atoms with Crippen molar-refractivity contribution < 1.29 is 14.6 Å². The summed E-state index contributed by atoms with van der Waals surface area (Å²) in [4.78, 5) is 23.7. The number of methoxy groups -OCH3 is 1. The van der Waals surface area contributed by atoms with Gasteiger partial charge in [-0.3, -0.25) is 4.79 Å². The van der Waals surface area contributed by atoms with Gasteiger partial charge >= 0.3 is 5.97 Å². The van der Waals surface area contributed by atoms with Gasteiger partial charge in [0.25, 0.3) is 0 Å². The largest absolute Gasteiger partial charge is 0.495 e. The minimum atomic E-state index is -1.24. The average molecular weight is 352 g/mol. The van der Waals surface area contributed by atoms with Crippen LogP contribution in [-0.4, -0.2) is 22.8 Å². The summed E-state index contributed by atoms with van der Waals surface area (Å²) in [7, 11) is 1.49. The number of carbonyl (C=O) groups is 1. The predicted molar refractivity (Wildman–Crippen MR) is 96.6 cm³/mol. The first kappa shape index (κ1) is 17.7. The van der Waals surface area contributed by atoms with Gasteiger partial charge in [-0.15, -0.1) is 0 Å². The van der Waals surface area contributed by atoms with Crippen LogP contribution in [0.25, 0.3) is 11.3 Å². The molecule has 0 fully saturated rings. The first-order valence-electron chi connectivity index (χ1n) is 8.28. The van der Waals surface area contributed by atoms with E-state index in [-0.39, 0.29) is 17.0 Å². The number of benzene rings is 1. The smallest absolute Gasteiger partial charge is 0.341 e. The normalized spacial score (nSPS) is 15.6. The van der Waals surface area contributed by atoms with E-state index in [9.17, 15) is 20.0 Å². The van der Waals surface area contributed by atoms with Gasteiger partial charge in [-0.25, -0.2) is 4.79 Å². The molecule has 0 aliphatic carbocycles. The van der Waals surface area contributed by atoms with Crippen molar-refractivity contribution in [3.8, 4) is 23.1 Å². The van der Waals surface area contributed by atoms with Crippen LogP contribution in [0.5, 0.6) is 5.75 Å². The summed E-state index contributed by atoms with van der Waals surface area (Å²) < 4.78 is 7.17. The van der Waals surface area contributed by atoms with Gasteiger partial charge in [0.15, 0.2) is 5.43 Å². The lowest BCUT2D eigenvalue weighted by molar-refractivity contribution is 0.0693. The molecule has 1 N–H and O–H groups in total. The highest BCUT2D eigenvalue weighted by molar-refractivity contribution is 5.88. The number of carboxylic acid groups (broad SMARTS) is 1. The minimum Gasteiger partial charge on any atom is -0.495 e. The van der Waals surface area contributed by atoms with E-state index >= 15 is 0 Å². The zero-order valence-corrected chi connectivity index (χ0v) is 15.2. The molecule has 0 bridgehead atoms. The second-order valence-electron chi connectivity index (χ2n) is 7.56. The molecule has 0 spiro atoms. The standard InChI is InChI=1S/C20H20N2O4/c1-20(2,3)18-6-11-5-12(9-21)17(26-4)7-13(11)15-8-16(23)14(19(24)25)10-22(15)18/h5,7-8,10,18H,6H2,1-4H3,(H,24,25). The molecule has 1 unspecified atom stereocenters. The fourth-order valence-corrected chi connectivity index (χ4v) is 3.50. The molecule has 1 aliphatic rings. The maximum absolute atomic E-state index is 12.3. The fraction of sp³-hybridized carbons (Fsp3) is 0.350. The van der Waals surface area contributed by atoms with E-state index in [1.165, 1.54) is 19.4 Å². The maximum atomic E-state index is 12.3. The molecule has 26 heavy (non-hydrogen) atoms. The minimum absolute atomic E-state index is 0.0522. The number of nitriles is 1. The van der Waals surface area contributed by atoms with Gasteiger partial charge in [0.1, 0.15) is 17.4 Å². The Morgan fingerprint density at radius 3 is 2.58 bits per heavy atom. The Hall–Kier alpha value is -3.07. The lowest BCUT2D eigenvalue weighted by Crippen LogP contribution is -2.32. The van der Waals surface area contributed by atoms with Crippen LogP contribution in [0, 0.1) is 16.7 Å². The molecule has 0 saturated carbocycles. The first-order chi connectivity index (χ1) is 12.2. The van der Waals surface area contributed by atoms with Gasteiger partial charge in [0.2, 0.25) is 0 Å². The number of aromatic nitrogens is 1. The van der Waals surface area contributed by atoms with Crippen LogP contribution in [0.1, 0.15) is 48.3 Å². The molecule has 1 aromatic heterocycles. The highest BCUT2D eigenvalue weighted by Gasteiger charge is 2.34. The Bertz CT molecular complexity index is 1010. The van der Waals surface area contributed by atoms with Crippen LogP contribution in [0.15, 0.2) is 29.2 Å². The van der Waals surface area contributed by atoms with Crippen molar-refractivity contribution in [2.75, 3.05) is 7.11 Å². The summed E-state index contributed by atoms with van der Waals surface area (Å²) in [5.74, 6) is -0.803. The third-order valence-electron chi connectivity index (χ3n) is 4.88. The number of hydrogen-bond donors (Lipinski definition) is 1. The van der Waals surface area contributed by atoms with E-state index in [1.807, 2.05) is 4.57 Å². The van der Waals surface area contributed by atoms with Crippen LogP contribution >= 0.6 is 0 Å². The number of rotatable bonds is 2. The third kappa shape index (κ3) is 2.76. The maximum Gasteiger partial charge on any atom is 0.341 e. The van der Waals surface area contributed by atoms with Crippen molar-refractivity contribution in [3.63, 3.8) is 0 Å². The quantitative estimate of drug-likeness (QED) is 0.896. The van der Waals surface area contributed by atoms with Crippen molar-refractivity contribution in [2.45, 2.75) is 33.2 Å². The van der Waals surface area contributed by atoms with Crippen molar-refractivity contribution in [1.29, 1.82) is 5.26 Å². The molecule has 2 heterocycles. The number of pyridine rings is 1. The second-order valence-corrected chi connectivity index (χ2v) is 7.56. The van der Waals surface area contributed by atoms with Gasteiger partial charge in [-0.2, -0.15) is 5.26 Å². The molecule has 1 atom stereocenters. The Balaban J connectivity index is 2.36. The van der Waals surface area contributed by atoms with Crippen molar-refractivity contribution in [1.82, 2.24) is 4.57 Å². The third-order valence-corrected chi connectivity index (χ3v) is 4.88. The molecule has 0 radical (unpaired) electrons. The summed E-state index contributed by atoms with van der Waals surface area (Å²) in [6.45, 7) is 6.21. The molecule has 0 amide bonds. The summed E-state index contributed by atoms with van der Waals surface area (Å²) in [6.07, 6.45) is 2.07. The molecule has 3 rings (SSSR count). The van der Waals surface area contributed by atoms with Crippen LogP contribution < -0.4 is 10.2 Å². The van der Waals surface area contributed by atoms with Gasteiger partial charge in [-0.05, 0) is 29.5 Å². The van der Waals surface area contributed by atoms with E-state index < -0.39 is 11.4 Å². The van der Waals surface area contributed by atoms with E-state index in [4.69, 9.17) is 4.74 Å². The van der Waals surface area contributed by atoms with Gasteiger partial charge < -0.3 is 14.4 Å². The summed E-state index contributed by atoms with van der Waals surface area (Å²) in [6, 6.07) is 7.00. The van der Waals surface area contributed by atoms with Crippen molar-refractivity contribution >= 4 is 5.97 Å². The molecular formula is C20H20N2O4. The lowest BCUT2D eigenvalue weighted by atomic mass is 9.78. The Morgan fingerprint density at radius 2 is 2.04 bits per heavy atom. The van der Waals surface area contributed by atoms with E-state index in [0.717, 1.165) is 11.1 Å². The highest BCUT2D eigenvalue weighted by atomic mass is 16.5. The SMILES string of the molecule is COc1cc2c(cc1C#N)CC(C(C)(C)C)n1cc(C(=O)O)c(=O)cc1-2. The Morgan fingerprint density at radius 1 is 1.35 bits per heavy atom. The zero-order chi connectivity index (χ0) is 19.2. The van der Waals surface area contributed by atoms with Gasteiger partial charge in [0, 0.05) is 23.9 Å². The van der Waals surface area contributed by atoms with E-state index in [2.05, 4.69) is 26.8 Å². The number of hydrogen-bond acceptors (Lipinski definition) is 4. The lowest BCUT2D eigenvalue weighted by Gasteiger charge is -2.39. The highest BCUT2D eigenvalue weighted by Crippen LogP contribution is 2.44. The summed E-state index contributed by atoms with van der Waals surface area (Å²) >= 11 is 0. The molecule has 134 valence electrons. The second kappa shape index (κ2) is 6.03. The van der Waals surface area contributed by atoms with Crippen molar-refractivity contribution in [3.05, 3.63) is 51.3 Å². The monoisotopic (exact) mass is 352 g/mol. The molecule has 2 aromatic rings. The number of nitrogens with zero attached hydrogens (tertiary/aromatic N) is 2. The van der Waals surface area contributed by atoms with Crippen molar-refractivity contribution in [2.24, 2.45) is 5.41 Å². The number of aromatic carboxylic acids is 1. The molecule has 6 heteroatoms.